The Hall–Kier alpha value is -5.96. The molecule has 6 aromatic rings. The summed E-state index contributed by atoms with van der Waals surface area (Å²) in [7, 11) is 1.86. The summed E-state index contributed by atoms with van der Waals surface area (Å²) in [5.41, 5.74) is 5.98. The first-order chi connectivity index (χ1) is 29.4. The van der Waals surface area contributed by atoms with Crippen LogP contribution in [0.5, 0.6) is 11.5 Å². The zero-order valence-corrected chi connectivity index (χ0v) is 34.9. The predicted octanol–water partition coefficient (Wildman–Crippen LogP) is 7.35. The molecule has 2 atom stereocenters. The number of carboxylic acids is 1. The number of aromatic carboxylic acids is 1. The number of carboxylic acid groups (broad SMARTS) is 1. The van der Waals surface area contributed by atoms with E-state index in [4.69, 9.17) is 25.8 Å². The van der Waals surface area contributed by atoms with Crippen LogP contribution in [0.15, 0.2) is 66.7 Å². The van der Waals surface area contributed by atoms with Gasteiger partial charge in [0.1, 0.15) is 41.9 Å². The van der Waals surface area contributed by atoms with E-state index in [2.05, 4.69) is 10.4 Å². The van der Waals surface area contributed by atoms with Gasteiger partial charge >= 0.3 is 5.97 Å². The van der Waals surface area contributed by atoms with Crippen LogP contribution >= 0.6 is 11.6 Å². The maximum atomic E-state index is 13.9. The van der Waals surface area contributed by atoms with Crippen molar-refractivity contribution in [2.24, 2.45) is 7.05 Å². The van der Waals surface area contributed by atoms with Crippen molar-refractivity contribution < 1.29 is 43.2 Å². The number of benzene rings is 4. The Kier molecular flexibility index (Phi) is 12.0. The van der Waals surface area contributed by atoms with Crippen molar-refractivity contribution in [1.29, 1.82) is 0 Å². The Morgan fingerprint density at radius 2 is 1.70 bits per heavy atom. The molecule has 13 nitrogen and oxygen atoms in total. The topological polar surface area (TPSA) is 157 Å². The number of nitrogens with zero attached hydrogens (tertiary/aromatic N) is 4. The van der Waals surface area contributed by atoms with Gasteiger partial charge in [-0.3, -0.25) is 14.3 Å². The molecular weight excluding hydrogens is 805 g/mol. The molecule has 1 saturated heterocycles. The van der Waals surface area contributed by atoms with Gasteiger partial charge in [-0.1, -0.05) is 35.9 Å². The van der Waals surface area contributed by atoms with E-state index in [0.717, 1.165) is 38.7 Å². The highest BCUT2D eigenvalue weighted by Gasteiger charge is 2.40. The standard InChI is InChI=1S/C46H47ClFN5O8/c1-26-40(27(2)51(3)50-26)41-35(47)16-15-32-31(10-6-21-60-37-11-4-8-28-24-29(48)13-14-30(28)37)43(46(57)58)52(42(32)41)19-7-20-59-22-23-61-38-12-5-9-33-34(38)25-53(45(33)56)36-17-18-39(54)49-44(36)55/h4-5,8-9,11-16,24,36,39,54H,6-7,10,17-23,25H2,1-3H3,(H,49,55)(H,57,58). The van der Waals surface area contributed by atoms with Crippen LogP contribution in [0.3, 0.4) is 0 Å². The number of aromatic nitrogens is 3. The minimum absolute atomic E-state index is 0.171. The number of piperidine rings is 1. The van der Waals surface area contributed by atoms with Gasteiger partial charge in [-0.2, -0.15) is 5.10 Å². The van der Waals surface area contributed by atoms with Crippen LogP contribution in [0.2, 0.25) is 5.02 Å². The number of carbonyl (C=O) groups is 3. The molecule has 0 radical (unpaired) electrons. The number of carbonyl (C=O) groups excluding carboxylic acids is 2. The van der Waals surface area contributed by atoms with E-state index in [9.17, 15) is 29.0 Å². The van der Waals surface area contributed by atoms with E-state index in [0.29, 0.717) is 90.6 Å². The van der Waals surface area contributed by atoms with Crippen LogP contribution in [0, 0.1) is 19.7 Å². The van der Waals surface area contributed by atoms with Gasteiger partial charge in [-0.05, 0) is 99.4 Å². The van der Waals surface area contributed by atoms with Gasteiger partial charge in [0.15, 0.2) is 0 Å². The maximum Gasteiger partial charge on any atom is 0.352 e. The van der Waals surface area contributed by atoms with E-state index >= 15 is 0 Å². The van der Waals surface area contributed by atoms with Crippen LogP contribution < -0.4 is 14.8 Å². The van der Waals surface area contributed by atoms with Crippen molar-refractivity contribution in [3.63, 3.8) is 0 Å². The first-order valence-corrected chi connectivity index (χ1v) is 20.8. The zero-order chi connectivity index (χ0) is 42.9. The van der Waals surface area contributed by atoms with Gasteiger partial charge in [-0.25, -0.2) is 9.18 Å². The highest BCUT2D eigenvalue weighted by molar-refractivity contribution is 6.35. The second-order valence-electron chi connectivity index (χ2n) is 15.5. The van der Waals surface area contributed by atoms with E-state index in [1.54, 1.807) is 28.9 Å². The summed E-state index contributed by atoms with van der Waals surface area (Å²) in [5, 5.41) is 30.6. The summed E-state index contributed by atoms with van der Waals surface area (Å²) in [4.78, 5) is 40.6. The lowest BCUT2D eigenvalue weighted by molar-refractivity contribution is -0.132. The third-order valence-electron chi connectivity index (χ3n) is 11.7. The van der Waals surface area contributed by atoms with E-state index in [-0.39, 0.29) is 43.1 Å². The van der Waals surface area contributed by atoms with Gasteiger partial charge in [0.25, 0.3) is 5.91 Å². The highest BCUT2D eigenvalue weighted by atomic mass is 35.5. The summed E-state index contributed by atoms with van der Waals surface area (Å²) in [6.45, 7) is 5.48. The molecule has 4 heterocycles. The van der Waals surface area contributed by atoms with Crippen molar-refractivity contribution in [1.82, 2.24) is 24.6 Å². The molecule has 8 rings (SSSR count). The van der Waals surface area contributed by atoms with Gasteiger partial charge in [0.05, 0.1) is 36.0 Å². The Morgan fingerprint density at radius 1 is 0.934 bits per heavy atom. The number of fused-ring (bicyclic) bond motifs is 3. The summed E-state index contributed by atoms with van der Waals surface area (Å²) < 4.78 is 35.8. The third-order valence-corrected chi connectivity index (χ3v) is 12.0. The molecule has 0 aliphatic carbocycles. The molecule has 318 valence electrons. The number of aliphatic hydroxyl groups is 1. The first-order valence-electron chi connectivity index (χ1n) is 20.4. The van der Waals surface area contributed by atoms with Crippen LogP contribution in [-0.4, -0.2) is 85.9 Å². The predicted molar refractivity (Wildman–Crippen MR) is 228 cm³/mol. The van der Waals surface area contributed by atoms with E-state index in [1.807, 2.05) is 55.8 Å². The molecule has 2 aromatic heterocycles. The molecule has 0 spiro atoms. The number of rotatable bonds is 16. The van der Waals surface area contributed by atoms with Crippen LogP contribution in [0.4, 0.5) is 4.39 Å². The second-order valence-corrected chi connectivity index (χ2v) is 15.9. The van der Waals surface area contributed by atoms with Crippen molar-refractivity contribution in [2.75, 3.05) is 26.4 Å². The SMILES string of the molecule is Cc1nn(C)c(C)c1-c1c(Cl)ccc2c(CCCOc3cccc4cc(F)ccc34)c(C(=O)O)n(CCCOCCOc3cccc4c3CN(C3CCC(O)NC3=O)C4=O)c12. The second kappa shape index (κ2) is 17.6. The molecule has 2 aliphatic rings. The average Bonchev–Trinajstić information content (AvgIpc) is 3.82. The fraction of sp³-hybridized carbons (Fsp3) is 0.348. The number of amides is 2. The minimum Gasteiger partial charge on any atom is -0.493 e. The van der Waals surface area contributed by atoms with Crippen molar-refractivity contribution in [2.45, 2.75) is 71.3 Å². The summed E-state index contributed by atoms with van der Waals surface area (Å²) in [5.74, 6) is -0.848. The molecule has 0 bridgehead atoms. The van der Waals surface area contributed by atoms with E-state index in [1.165, 1.54) is 17.0 Å². The third kappa shape index (κ3) is 8.15. The maximum absolute atomic E-state index is 13.9. The Labute approximate surface area is 356 Å². The molecule has 15 heteroatoms. The van der Waals surface area contributed by atoms with Gasteiger partial charge in [0.2, 0.25) is 5.91 Å². The fourth-order valence-corrected chi connectivity index (χ4v) is 9.04. The number of aliphatic hydroxyl groups excluding tert-OH is 1. The number of hydrogen-bond acceptors (Lipinski definition) is 8. The number of ether oxygens (including phenoxy) is 3. The lowest BCUT2D eigenvalue weighted by Gasteiger charge is -2.32. The molecular formula is C46H47ClFN5O8. The molecule has 3 N–H and O–H groups in total. The Balaban J connectivity index is 0.970. The number of aryl methyl sites for hydroxylation is 4. The van der Waals surface area contributed by atoms with Gasteiger partial charge in [0, 0.05) is 58.9 Å². The van der Waals surface area contributed by atoms with Crippen LogP contribution in [-0.2, 0) is 36.1 Å². The largest absolute Gasteiger partial charge is 0.493 e. The summed E-state index contributed by atoms with van der Waals surface area (Å²) in [6.07, 6.45) is 1.23. The van der Waals surface area contributed by atoms with Gasteiger partial charge < -0.3 is 39.2 Å². The fourth-order valence-electron chi connectivity index (χ4n) is 8.80. The lowest BCUT2D eigenvalue weighted by Crippen LogP contribution is -2.54. The number of halogens is 2. The number of nitrogens with one attached hydrogen (secondary N) is 1. The first kappa shape index (κ1) is 41.8. The quantitative estimate of drug-likeness (QED) is 0.0848. The minimum atomic E-state index is -1.06. The summed E-state index contributed by atoms with van der Waals surface area (Å²) in [6, 6.07) is 18.3. The van der Waals surface area contributed by atoms with Crippen molar-refractivity contribution >= 4 is 51.1 Å². The lowest BCUT2D eigenvalue weighted by atomic mass is 9.98. The van der Waals surface area contributed by atoms with Crippen molar-refractivity contribution in [3.05, 3.63) is 111 Å². The molecule has 0 saturated carbocycles. The summed E-state index contributed by atoms with van der Waals surface area (Å²) >= 11 is 7.00. The van der Waals surface area contributed by atoms with Gasteiger partial charge in [-0.15, -0.1) is 0 Å². The molecule has 4 aromatic carbocycles. The molecule has 1 fully saturated rings. The monoisotopic (exact) mass is 851 g/mol. The molecule has 2 amide bonds. The highest BCUT2D eigenvalue weighted by Crippen LogP contribution is 2.42. The van der Waals surface area contributed by atoms with E-state index < -0.39 is 18.2 Å². The molecule has 61 heavy (non-hydrogen) atoms. The average molecular weight is 852 g/mol. The Morgan fingerprint density at radius 3 is 2.48 bits per heavy atom. The smallest absolute Gasteiger partial charge is 0.352 e. The van der Waals surface area contributed by atoms with Crippen LogP contribution in [0.1, 0.15) is 69.0 Å². The molecule has 2 aliphatic heterocycles. The van der Waals surface area contributed by atoms with Crippen molar-refractivity contribution in [3.8, 4) is 22.6 Å². The van der Waals surface area contributed by atoms with Crippen LogP contribution in [0.25, 0.3) is 32.8 Å². The Bertz CT molecular complexity index is 2680. The molecule has 2 unspecified atom stereocenters. The zero-order valence-electron chi connectivity index (χ0n) is 34.2. The number of hydrogen-bond donors (Lipinski definition) is 3. The normalized spacial score (nSPS) is 16.4.